The van der Waals surface area contributed by atoms with Crippen LogP contribution in [0.25, 0.3) is 0 Å². The van der Waals surface area contributed by atoms with Crippen molar-refractivity contribution in [1.82, 2.24) is 9.80 Å². The molecule has 1 aromatic rings. The molecule has 24 heavy (non-hydrogen) atoms. The van der Waals surface area contributed by atoms with Crippen molar-refractivity contribution in [1.29, 1.82) is 0 Å². The van der Waals surface area contributed by atoms with Crippen LogP contribution in [-0.4, -0.2) is 59.5 Å². The third kappa shape index (κ3) is 4.81. The normalized spacial score (nSPS) is 16.1. The summed E-state index contributed by atoms with van der Waals surface area (Å²) in [6.07, 6.45) is 1.56. The Hall–Kier alpha value is -1.88. The number of hydrogen-bond donors (Lipinski definition) is 1. The van der Waals surface area contributed by atoms with Gasteiger partial charge in [-0.1, -0.05) is 44.2 Å². The molecule has 0 atom stereocenters. The molecule has 1 heterocycles. The first-order valence-corrected chi connectivity index (χ1v) is 8.55. The summed E-state index contributed by atoms with van der Waals surface area (Å²) in [6, 6.07) is 9.92. The van der Waals surface area contributed by atoms with Gasteiger partial charge in [-0.2, -0.15) is 0 Å². The van der Waals surface area contributed by atoms with Crippen molar-refractivity contribution < 1.29 is 14.7 Å². The molecule has 5 nitrogen and oxygen atoms in total. The second kappa shape index (κ2) is 7.79. The van der Waals surface area contributed by atoms with E-state index >= 15 is 0 Å². The summed E-state index contributed by atoms with van der Waals surface area (Å²) in [5.41, 5.74) is 0.551. The number of amides is 2. The van der Waals surface area contributed by atoms with Crippen molar-refractivity contribution in [3.8, 4) is 0 Å². The molecule has 1 fully saturated rings. The molecule has 2 rings (SSSR count). The minimum atomic E-state index is -0.561. The number of nitrogens with zero attached hydrogens (tertiary/aromatic N) is 2. The Labute approximate surface area is 144 Å². The lowest BCUT2D eigenvalue weighted by atomic mass is 9.84. The second-order valence-corrected chi connectivity index (χ2v) is 7.32. The van der Waals surface area contributed by atoms with Crippen molar-refractivity contribution in [2.45, 2.75) is 39.2 Å². The van der Waals surface area contributed by atoms with Crippen LogP contribution in [0.1, 0.15) is 32.3 Å². The minimum Gasteiger partial charge on any atom is -0.393 e. The number of benzene rings is 1. The summed E-state index contributed by atoms with van der Waals surface area (Å²) in [7, 11) is 1.69. The maximum absolute atomic E-state index is 12.8. The first-order chi connectivity index (χ1) is 11.3. The molecule has 5 heteroatoms. The van der Waals surface area contributed by atoms with Crippen molar-refractivity contribution in [3.63, 3.8) is 0 Å². The molecule has 0 aromatic heterocycles. The number of aliphatic hydroxyl groups is 1. The van der Waals surface area contributed by atoms with E-state index in [2.05, 4.69) is 0 Å². The molecule has 1 N–H and O–H groups in total. The molecule has 0 aliphatic carbocycles. The van der Waals surface area contributed by atoms with Crippen LogP contribution in [0.3, 0.4) is 0 Å². The monoisotopic (exact) mass is 332 g/mol. The van der Waals surface area contributed by atoms with Crippen molar-refractivity contribution in [2.24, 2.45) is 5.41 Å². The standard InChI is InChI=1S/C19H28N2O3/c1-19(2,13-15-7-5-4-6-8-15)18(24)20(3)14-17(23)21-11-9-16(22)10-12-21/h4-8,16,22H,9-14H2,1-3H3. The molecule has 132 valence electrons. The minimum absolute atomic E-state index is 0.0308. The van der Waals surface area contributed by atoms with Gasteiger partial charge < -0.3 is 14.9 Å². The van der Waals surface area contributed by atoms with Crippen molar-refractivity contribution >= 4 is 11.8 Å². The number of rotatable bonds is 5. The van der Waals surface area contributed by atoms with Crippen LogP contribution in [0.4, 0.5) is 0 Å². The molecule has 1 aliphatic heterocycles. The summed E-state index contributed by atoms with van der Waals surface area (Å²) in [6.45, 7) is 5.05. The molecule has 1 aliphatic rings. The first-order valence-electron chi connectivity index (χ1n) is 8.55. The molecule has 0 saturated carbocycles. The van der Waals surface area contributed by atoms with Crippen LogP contribution in [0, 0.1) is 5.41 Å². The zero-order chi connectivity index (χ0) is 17.7. The third-order valence-electron chi connectivity index (χ3n) is 4.60. The highest BCUT2D eigenvalue weighted by molar-refractivity contribution is 5.87. The summed E-state index contributed by atoms with van der Waals surface area (Å²) in [4.78, 5) is 28.4. The average Bonchev–Trinajstić information content (AvgIpc) is 2.55. The third-order valence-corrected chi connectivity index (χ3v) is 4.60. The SMILES string of the molecule is CN(CC(=O)N1CCC(O)CC1)C(=O)C(C)(C)Cc1ccccc1. The molecule has 2 amide bonds. The molecule has 1 saturated heterocycles. The van der Waals surface area contributed by atoms with Crippen molar-refractivity contribution in [3.05, 3.63) is 35.9 Å². The summed E-state index contributed by atoms with van der Waals surface area (Å²) in [5, 5.41) is 9.52. The fourth-order valence-corrected chi connectivity index (χ4v) is 3.19. The number of likely N-dealkylation sites (tertiary alicyclic amines) is 1. The smallest absolute Gasteiger partial charge is 0.242 e. The Morgan fingerprint density at radius 1 is 1.21 bits per heavy atom. The van der Waals surface area contributed by atoms with Gasteiger partial charge in [0.1, 0.15) is 0 Å². The van der Waals surface area contributed by atoms with E-state index in [1.807, 2.05) is 44.2 Å². The topological polar surface area (TPSA) is 60.9 Å². The number of carbonyl (C=O) groups excluding carboxylic acids is 2. The zero-order valence-corrected chi connectivity index (χ0v) is 14.9. The Morgan fingerprint density at radius 2 is 1.79 bits per heavy atom. The highest BCUT2D eigenvalue weighted by atomic mass is 16.3. The zero-order valence-electron chi connectivity index (χ0n) is 14.9. The van der Waals surface area contributed by atoms with Crippen LogP contribution in [0.15, 0.2) is 30.3 Å². The Balaban J connectivity index is 1.91. The number of piperidine rings is 1. The predicted octanol–water partition coefficient (Wildman–Crippen LogP) is 1.70. The molecule has 0 bridgehead atoms. The number of likely N-dealkylation sites (N-methyl/N-ethyl adjacent to an activating group) is 1. The lowest BCUT2D eigenvalue weighted by molar-refractivity contribution is -0.145. The van der Waals surface area contributed by atoms with Gasteiger partial charge in [0.25, 0.3) is 0 Å². The molecule has 1 aromatic carbocycles. The van der Waals surface area contributed by atoms with E-state index in [-0.39, 0.29) is 24.5 Å². The Morgan fingerprint density at radius 3 is 2.38 bits per heavy atom. The molecule has 0 unspecified atom stereocenters. The van der Waals surface area contributed by atoms with Gasteiger partial charge in [0.2, 0.25) is 11.8 Å². The quantitative estimate of drug-likeness (QED) is 0.893. The summed E-state index contributed by atoms with van der Waals surface area (Å²) < 4.78 is 0. The first kappa shape index (κ1) is 18.5. The van der Waals surface area contributed by atoms with Gasteiger partial charge in [-0.15, -0.1) is 0 Å². The number of aliphatic hydroxyl groups excluding tert-OH is 1. The summed E-state index contributed by atoms with van der Waals surface area (Å²) in [5.74, 6) is -0.0787. The van der Waals surface area contributed by atoms with Gasteiger partial charge in [-0.3, -0.25) is 9.59 Å². The largest absolute Gasteiger partial charge is 0.393 e. The van der Waals surface area contributed by atoms with E-state index in [1.54, 1.807) is 11.9 Å². The van der Waals surface area contributed by atoms with E-state index < -0.39 is 5.41 Å². The number of hydrogen-bond acceptors (Lipinski definition) is 3. The van der Waals surface area contributed by atoms with Gasteiger partial charge in [0.05, 0.1) is 12.6 Å². The van der Waals surface area contributed by atoms with Crippen LogP contribution >= 0.6 is 0 Å². The van der Waals surface area contributed by atoms with Crippen LogP contribution in [-0.2, 0) is 16.0 Å². The van der Waals surface area contributed by atoms with Gasteiger partial charge in [-0.25, -0.2) is 0 Å². The predicted molar refractivity (Wildman–Crippen MR) is 93.4 cm³/mol. The van der Waals surface area contributed by atoms with Gasteiger partial charge in [0, 0.05) is 25.6 Å². The van der Waals surface area contributed by atoms with Crippen LogP contribution < -0.4 is 0 Å². The molecule has 0 spiro atoms. The fourth-order valence-electron chi connectivity index (χ4n) is 3.19. The van der Waals surface area contributed by atoms with Crippen LogP contribution in [0.5, 0.6) is 0 Å². The van der Waals surface area contributed by atoms with E-state index in [1.165, 1.54) is 4.90 Å². The second-order valence-electron chi connectivity index (χ2n) is 7.32. The summed E-state index contributed by atoms with van der Waals surface area (Å²) >= 11 is 0. The number of carbonyl (C=O) groups is 2. The van der Waals surface area contributed by atoms with Gasteiger partial charge in [-0.05, 0) is 24.8 Å². The van der Waals surface area contributed by atoms with Crippen LogP contribution in [0.2, 0.25) is 0 Å². The van der Waals surface area contributed by atoms with Gasteiger partial charge >= 0.3 is 0 Å². The molecule has 0 radical (unpaired) electrons. The van der Waals surface area contributed by atoms with E-state index in [9.17, 15) is 14.7 Å². The van der Waals surface area contributed by atoms with Gasteiger partial charge in [0.15, 0.2) is 0 Å². The van der Waals surface area contributed by atoms with E-state index in [4.69, 9.17) is 0 Å². The molecular weight excluding hydrogens is 304 g/mol. The fraction of sp³-hybridized carbons (Fsp3) is 0.579. The average molecular weight is 332 g/mol. The lowest BCUT2D eigenvalue weighted by Crippen LogP contribution is -2.48. The maximum atomic E-state index is 12.8. The maximum Gasteiger partial charge on any atom is 0.242 e. The van der Waals surface area contributed by atoms with Crippen molar-refractivity contribution in [2.75, 3.05) is 26.7 Å². The Bertz CT molecular complexity index is 563. The van der Waals surface area contributed by atoms with E-state index in [0.29, 0.717) is 32.4 Å². The highest BCUT2D eigenvalue weighted by Gasteiger charge is 2.32. The molecular formula is C19H28N2O3. The highest BCUT2D eigenvalue weighted by Crippen LogP contribution is 2.24. The Kier molecular flexibility index (Phi) is 5.99. The van der Waals surface area contributed by atoms with E-state index in [0.717, 1.165) is 5.56 Å². The lowest BCUT2D eigenvalue weighted by Gasteiger charge is -2.33.